The average molecular weight is 500 g/mol. The Kier molecular flexibility index (Phi) is 7.42. The van der Waals surface area contributed by atoms with Crippen molar-refractivity contribution >= 4 is 39.7 Å². The van der Waals surface area contributed by atoms with Gasteiger partial charge in [-0.3, -0.25) is 9.78 Å². The Morgan fingerprint density at radius 1 is 1.05 bits per heavy atom. The van der Waals surface area contributed by atoms with Crippen LogP contribution in [0.4, 0.5) is 22.9 Å². The highest BCUT2D eigenvalue weighted by atomic mass is 16.5. The first-order chi connectivity index (χ1) is 17.7. The number of nitrogen functional groups attached to an aromatic ring is 1. The number of aromatic nitrogens is 3. The molecule has 0 radical (unpaired) electrons. The third-order valence-electron chi connectivity index (χ3n) is 6.30. The summed E-state index contributed by atoms with van der Waals surface area (Å²) in [4.78, 5) is 29.6. The normalized spacial score (nSPS) is 11.7. The van der Waals surface area contributed by atoms with Crippen molar-refractivity contribution in [1.29, 1.82) is 0 Å². The zero-order valence-electron chi connectivity index (χ0n) is 22.1. The number of rotatable bonds is 8. The van der Waals surface area contributed by atoms with E-state index in [0.29, 0.717) is 17.3 Å². The zero-order valence-corrected chi connectivity index (χ0v) is 22.1. The van der Waals surface area contributed by atoms with Crippen LogP contribution >= 0.6 is 0 Å². The molecule has 0 unspecified atom stereocenters. The molecule has 9 heteroatoms. The number of fused-ring (bicyclic) bond motifs is 1. The van der Waals surface area contributed by atoms with E-state index >= 15 is 0 Å². The van der Waals surface area contributed by atoms with Crippen LogP contribution < -0.4 is 20.7 Å². The minimum absolute atomic E-state index is 0.0107. The van der Waals surface area contributed by atoms with E-state index in [4.69, 9.17) is 15.5 Å². The van der Waals surface area contributed by atoms with Gasteiger partial charge in [-0.25, -0.2) is 9.97 Å². The van der Waals surface area contributed by atoms with Crippen LogP contribution in [0.25, 0.3) is 10.9 Å². The molecule has 3 N–H and O–H groups in total. The highest BCUT2D eigenvalue weighted by Crippen LogP contribution is 2.33. The number of anilines is 4. The van der Waals surface area contributed by atoms with Gasteiger partial charge in [0.05, 0.1) is 30.8 Å². The number of hydrogen-bond acceptors (Lipinski definition) is 8. The number of nitrogens with zero attached hydrogens (tertiary/aromatic N) is 5. The van der Waals surface area contributed by atoms with Crippen LogP contribution in [0.15, 0.2) is 54.9 Å². The summed E-state index contributed by atoms with van der Waals surface area (Å²) >= 11 is 0. The van der Waals surface area contributed by atoms with Gasteiger partial charge in [-0.15, -0.1) is 0 Å². The molecule has 37 heavy (non-hydrogen) atoms. The number of nitrogens with one attached hydrogen (secondary N) is 1. The van der Waals surface area contributed by atoms with Crippen LogP contribution in [0.3, 0.4) is 0 Å². The highest BCUT2D eigenvalue weighted by molar-refractivity contribution is 5.92. The molecular formula is C28H33N7O2. The summed E-state index contributed by atoms with van der Waals surface area (Å²) in [6, 6.07) is 13.8. The molecule has 1 amide bonds. The van der Waals surface area contributed by atoms with Gasteiger partial charge in [0.15, 0.2) is 0 Å². The molecule has 2 aromatic carbocycles. The number of likely N-dealkylation sites (N-methyl/N-ethyl adjacent to an activating group) is 1. The van der Waals surface area contributed by atoms with Gasteiger partial charge >= 0.3 is 0 Å². The number of benzene rings is 2. The monoisotopic (exact) mass is 499 g/mol. The van der Waals surface area contributed by atoms with Crippen LogP contribution in [-0.2, 0) is 11.2 Å². The van der Waals surface area contributed by atoms with Crippen molar-refractivity contribution in [3.63, 3.8) is 0 Å². The lowest BCUT2D eigenvalue weighted by atomic mass is 10.1. The van der Waals surface area contributed by atoms with E-state index in [2.05, 4.69) is 26.3 Å². The van der Waals surface area contributed by atoms with E-state index in [1.807, 2.05) is 57.3 Å². The molecule has 2 aromatic heterocycles. The van der Waals surface area contributed by atoms with Crippen LogP contribution in [0.2, 0.25) is 0 Å². The maximum Gasteiger partial charge on any atom is 0.226 e. The maximum absolute atomic E-state index is 12.4. The van der Waals surface area contributed by atoms with Crippen LogP contribution in [0.5, 0.6) is 5.75 Å². The molecule has 0 aliphatic carbocycles. The van der Waals surface area contributed by atoms with Gasteiger partial charge in [-0.05, 0) is 61.9 Å². The number of carbonyl (C=O) groups is 1. The third-order valence-corrected chi connectivity index (χ3v) is 6.30. The van der Waals surface area contributed by atoms with Gasteiger partial charge < -0.3 is 25.6 Å². The molecule has 0 saturated heterocycles. The summed E-state index contributed by atoms with van der Waals surface area (Å²) in [5.41, 5.74) is 11.1. The van der Waals surface area contributed by atoms with Crippen LogP contribution in [0, 0.1) is 6.92 Å². The predicted octanol–water partition coefficient (Wildman–Crippen LogP) is 4.50. The first kappa shape index (κ1) is 25.7. The number of pyridine rings is 1. The number of amides is 1. The summed E-state index contributed by atoms with van der Waals surface area (Å²) in [6.45, 7) is 3.93. The van der Waals surface area contributed by atoms with Crippen molar-refractivity contribution in [3.05, 3.63) is 71.8 Å². The highest BCUT2D eigenvalue weighted by Gasteiger charge is 2.16. The van der Waals surface area contributed by atoms with E-state index in [9.17, 15) is 4.79 Å². The quantitative estimate of drug-likeness (QED) is 0.365. The van der Waals surface area contributed by atoms with Gasteiger partial charge in [-0.1, -0.05) is 0 Å². The van der Waals surface area contributed by atoms with E-state index in [0.717, 1.165) is 39.2 Å². The second-order valence-corrected chi connectivity index (χ2v) is 9.26. The lowest BCUT2D eigenvalue weighted by Crippen LogP contribution is -2.23. The first-order valence-electron chi connectivity index (χ1n) is 12.0. The second-order valence-electron chi connectivity index (χ2n) is 9.26. The Morgan fingerprint density at radius 2 is 1.78 bits per heavy atom. The summed E-state index contributed by atoms with van der Waals surface area (Å²) in [5, 5.41) is 4.41. The molecule has 4 rings (SSSR count). The molecule has 2 heterocycles. The van der Waals surface area contributed by atoms with Crippen molar-refractivity contribution < 1.29 is 9.53 Å². The fourth-order valence-electron chi connectivity index (χ4n) is 4.13. The van der Waals surface area contributed by atoms with E-state index < -0.39 is 0 Å². The van der Waals surface area contributed by atoms with Crippen molar-refractivity contribution in [2.75, 3.05) is 44.2 Å². The number of carbonyl (C=O) groups excluding carboxylic acids is 1. The van der Waals surface area contributed by atoms with Crippen LogP contribution in [-0.4, -0.2) is 54.0 Å². The molecule has 0 fully saturated rings. The molecule has 1 atom stereocenters. The third kappa shape index (κ3) is 5.72. The van der Waals surface area contributed by atoms with Gasteiger partial charge in [0.2, 0.25) is 5.91 Å². The SMILES string of the molecule is COc1ccc(N(C)c2ccc3nc(C)nc(N[C@H](C)c4cncc(N)c4)c3c2)cc1CC(=O)N(C)C. The molecule has 192 valence electrons. The lowest BCUT2D eigenvalue weighted by molar-refractivity contribution is -0.127. The predicted molar refractivity (Wildman–Crippen MR) is 148 cm³/mol. The summed E-state index contributed by atoms with van der Waals surface area (Å²) in [7, 11) is 7.10. The Bertz CT molecular complexity index is 1440. The minimum Gasteiger partial charge on any atom is -0.496 e. The minimum atomic E-state index is -0.0618. The fraction of sp³-hybridized carbons (Fsp3) is 0.286. The number of methoxy groups -OCH3 is 1. The molecule has 0 saturated carbocycles. The van der Waals surface area contributed by atoms with E-state index in [1.165, 1.54) is 0 Å². The lowest BCUT2D eigenvalue weighted by Gasteiger charge is -2.23. The maximum atomic E-state index is 12.4. The molecule has 0 aliphatic heterocycles. The van der Waals surface area contributed by atoms with Crippen LogP contribution in [0.1, 0.15) is 29.9 Å². The number of nitrogens with two attached hydrogens (primary N) is 1. The van der Waals surface area contributed by atoms with Gasteiger partial charge in [0.1, 0.15) is 17.4 Å². The van der Waals surface area contributed by atoms with Crippen molar-refractivity contribution in [1.82, 2.24) is 19.9 Å². The largest absolute Gasteiger partial charge is 0.496 e. The number of hydrogen-bond donors (Lipinski definition) is 2. The molecule has 9 nitrogen and oxygen atoms in total. The Morgan fingerprint density at radius 3 is 2.49 bits per heavy atom. The summed E-state index contributed by atoms with van der Waals surface area (Å²) < 4.78 is 5.51. The standard InChI is InChI=1S/C28H33N7O2/c1-17(20-11-21(29)16-30-15-20)31-28-24-14-23(7-9-25(24)32-18(2)33-28)35(5)22-8-10-26(37-6)19(12-22)13-27(36)34(3)4/h7-12,14-17H,13,29H2,1-6H3,(H,31,32,33)/t17-/m1/s1. The number of aryl methyl sites for hydroxylation is 1. The zero-order chi connectivity index (χ0) is 26.7. The first-order valence-corrected chi connectivity index (χ1v) is 12.0. The summed E-state index contributed by atoms with van der Waals surface area (Å²) in [6.07, 6.45) is 3.68. The van der Waals surface area contributed by atoms with Crippen molar-refractivity contribution in [2.24, 2.45) is 0 Å². The number of ether oxygens (including phenoxy) is 1. The smallest absolute Gasteiger partial charge is 0.226 e. The van der Waals surface area contributed by atoms with Crippen molar-refractivity contribution in [2.45, 2.75) is 26.3 Å². The van der Waals surface area contributed by atoms with Crippen molar-refractivity contribution in [3.8, 4) is 5.75 Å². The topological polar surface area (TPSA) is 109 Å². The Labute approximate surface area is 217 Å². The molecule has 0 bridgehead atoms. The Balaban J connectivity index is 1.69. The van der Waals surface area contributed by atoms with E-state index in [1.54, 1.807) is 38.5 Å². The second kappa shape index (κ2) is 10.7. The molecular weight excluding hydrogens is 466 g/mol. The van der Waals surface area contributed by atoms with Gasteiger partial charge in [0.25, 0.3) is 0 Å². The molecule has 0 spiro atoms. The fourth-order valence-corrected chi connectivity index (χ4v) is 4.13. The van der Waals surface area contributed by atoms with E-state index in [-0.39, 0.29) is 18.4 Å². The molecule has 4 aromatic rings. The average Bonchev–Trinajstić information content (AvgIpc) is 2.87. The van der Waals surface area contributed by atoms with Gasteiger partial charge in [0, 0.05) is 55.9 Å². The Hall–Kier alpha value is -4.40. The summed E-state index contributed by atoms with van der Waals surface area (Å²) in [5.74, 6) is 2.11. The van der Waals surface area contributed by atoms with Gasteiger partial charge in [-0.2, -0.15) is 0 Å². The molecule has 0 aliphatic rings.